The van der Waals surface area contributed by atoms with Crippen LogP contribution in [0, 0.1) is 0 Å². The summed E-state index contributed by atoms with van der Waals surface area (Å²) in [5, 5.41) is 8.74. The quantitative estimate of drug-likeness (QED) is 0.861. The SMILES string of the molecule is CC(C)NC(=O)[C@H](C)Sc1nnc(C(F)(F)F)n1C. The number of nitrogens with one attached hydrogen (secondary N) is 1. The number of amides is 1. The van der Waals surface area contributed by atoms with Gasteiger partial charge >= 0.3 is 6.18 Å². The van der Waals surface area contributed by atoms with Gasteiger partial charge in [0.05, 0.1) is 5.25 Å². The van der Waals surface area contributed by atoms with E-state index in [-0.39, 0.29) is 17.1 Å². The van der Waals surface area contributed by atoms with E-state index >= 15 is 0 Å². The van der Waals surface area contributed by atoms with E-state index in [9.17, 15) is 18.0 Å². The van der Waals surface area contributed by atoms with Crippen molar-refractivity contribution >= 4 is 17.7 Å². The maximum absolute atomic E-state index is 12.5. The van der Waals surface area contributed by atoms with Crippen LogP contribution in [-0.2, 0) is 18.0 Å². The molecular weight excluding hydrogens is 281 g/mol. The number of aromatic nitrogens is 3. The molecule has 0 saturated carbocycles. The summed E-state index contributed by atoms with van der Waals surface area (Å²) in [6, 6.07) is -0.0271. The average Bonchev–Trinajstić information content (AvgIpc) is 2.58. The highest BCUT2D eigenvalue weighted by Crippen LogP contribution is 2.30. The van der Waals surface area contributed by atoms with Crippen LogP contribution >= 0.6 is 11.8 Å². The minimum Gasteiger partial charge on any atom is -0.353 e. The van der Waals surface area contributed by atoms with Gasteiger partial charge in [0, 0.05) is 13.1 Å². The van der Waals surface area contributed by atoms with Gasteiger partial charge in [0.2, 0.25) is 11.7 Å². The molecule has 0 radical (unpaired) electrons. The van der Waals surface area contributed by atoms with Crippen molar-refractivity contribution < 1.29 is 18.0 Å². The molecule has 0 fully saturated rings. The Morgan fingerprint density at radius 1 is 1.32 bits per heavy atom. The molecule has 1 amide bonds. The van der Waals surface area contributed by atoms with Gasteiger partial charge < -0.3 is 9.88 Å². The van der Waals surface area contributed by atoms with Crippen molar-refractivity contribution in [2.45, 2.75) is 43.4 Å². The maximum atomic E-state index is 12.5. The third kappa shape index (κ3) is 4.12. The largest absolute Gasteiger partial charge is 0.451 e. The molecule has 1 heterocycles. The van der Waals surface area contributed by atoms with Crippen LogP contribution in [0.3, 0.4) is 0 Å². The third-order valence-corrected chi connectivity index (χ3v) is 3.30. The van der Waals surface area contributed by atoms with Gasteiger partial charge in [-0.1, -0.05) is 11.8 Å². The highest BCUT2D eigenvalue weighted by molar-refractivity contribution is 8.00. The van der Waals surface area contributed by atoms with Crippen molar-refractivity contribution in [1.82, 2.24) is 20.1 Å². The molecule has 0 spiro atoms. The lowest BCUT2D eigenvalue weighted by Crippen LogP contribution is -2.36. The first kappa shape index (κ1) is 15.8. The first-order valence-corrected chi connectivity index (χ1v) is 6.44. The van der Waals surface area contributed by atoms with Crippen LogP contribution in [0.25, 0.3) is 0 Å². The van der Waals surface area contributed by atoms with Gasteiger partial charge in [0.1, 0.15) is 0 Å². The van der Waals surface area contributed by atoms with Crippen LogP contribution in [-0.4, -0.2) is 32.0 Å². The lowest BCUT2D eigenvalue weighted by molar-refractivity contribution is -0.147. The van der Waals surface area contributed by atoms with Crippen LogP contribution in [0.4, 0.5) is 13.2 Å². The molecule has 0 saturated heterocycles. The summed E-state index contributed by atoms with van der Waals surface area (Å²) in [7, 11) is 1.22. The van der Waals surface area contributed by atoms with Crippen LogP contribution in [0.5, 0.6) is 0 Å². The van der Waals surface area contributed by atoms with Crippen molar-refractivity contribution in [2.24, 2.45) is 7.05 Å². The Kier molecular flexibility index (Phi) is 4.83. The average molecular weight is 296 g/mol. The van der Waals surface area contributed by atoms with Gasteiger partial charge in [-0.2, -0.15) is 13.2 Å². The minimum atomic E-state index is -4.55. The molecule has 0 unspecified atom stereocenters. The van der Waals surface area contributed by atoms with E-state index in [0.29, 0.717) is 0 Å². The van der Waals surface area contributed by atoms with E-state index in [1.54, 1.807) is 20.8 Å². The van der Waals surface area contributed by atoms with Gasteiger partial charge in [-0.15, -0.1) is 10.2 Å². The first-order chi connectivity index (χ1) is 8.62. The molecule has 9 heteroatoms. The number of carbonyl (C=O) groups excluding carboxylic acids is 1. The molecule has 0 bridgehead atoms. The minimum absolute atomic E-state index is 0.0271. The van der Waals surface area contributed by atoms with Crippen molar-refractivity contribution in [3.63, 3.8) is 0 Å². The number of halogens is 3. The molecular formula is C10H15F3N4OS. The standard InChI is InChI=1S/C10H15F3N4OS/c1-5(2)14-7(18)6(3)19-9-16-15-8(17(9)4)10(11,12)13/h5-6H,1-4H3,(H,14,18)/t6-/m0/s1. The number of hydrogen-bond acceptors (Lipinski definition) is 4. The van der Waals surface area contributed by atoms with Crippen molar-refractivity contribution in [2.75, 3.05) is 0 Å². The van der Waals surface area contributed by atoms with E-state index < -0.39 is 17.3 Å². The van der Waals surface area contributed by atoms with Gasteiger partial charge in [-0.3, -0.25) is 4.79 Å². The predicted molar refractivity (Wildman–Crippen MR) is 64.6 cm³/mol. The summed E-state index contributed by atoms with van der Waals surface area (Å²) in [4.78, 5) is 11.7. The van der Waals surface area contributed by atoms with E-state index in [1.807, 2.05) is 0 Å². The zero-order valence-electron chi connectivity index (χ0n) is 10.9. The number of alkyl halides is 3. The van der Waals surface area contributed by atoms with Crippen LogP contribution in [0.1, 0.15) is 26.6 Å². The fourth-order valence-corrected chi connectivity index (χ4v) is 2.10. The molecule has 1 atom stereocenters. The molecule has 0 aliphatic rings. The summed E-state index contributed by atoms with van der Waals surface area (Å²) >= 11 is 0.935. The first-order valence-electron chi connectivity index (χ1n) is 5.56. The smallest absolute Gasteiger partial charge is 0.353 e. The zero-order chi connectivity index (χ0) is 14.8. The topological polar surface area (TPSA) is 59.8 Å². The molecule has 1 N–H and O–H groups in total. The van der Waals surface area contributed by atoms with Gasteiger partial charge in [0.25, 0.3) is 0 Å². The van der Waals surface area contributed by atoms with Gasteiger partial charge in [0.15, 0.2) is 5.16 Å². The van der Waals surface area contributed by atoms with Gasteiger partial charge in [-0.25, -0.2) is 0 Å². The Bertz CT molecular complexity index is 458. The molecule has 1 rings (SSSR count). The summed E-state index contributed by atoms with van der Waals surface area (Å²) in [5.41, 5.74) is 0. The predicted octanol–water partition coefficient (Wildman–Crippen LogP) is 1.84. The number of carbonyl (C=O) groups is 1. The molecule has 108 valence electrons. The molecule has 0 aliphatic carbocycles. The van der Waals surface area contributed by atoms with Crippen molar-refractivity contribution in [3.8, 4) is 0 Å². The molecule has 5 nitrogen and oxygen atoms in total. The zero-order valence-corrected chi connectivity index (χ0v) is 11.8. The molecule has 0 aromatic carbocycles. The van der Waals surface area contributed by atoms with Crippen molar-refractivity contribution in [3.05, 3.63) is 5.82 Å². The molecule has 0 aliphatic heterocycles. The number of thioether (sulfide) groups is 1. The summed E-state index contributed by atoms with van der Waals surface area (Å²) in [6.07, 6.45) is -4.55. The Hall–Kier alpha value is -1.25. The number of rotatable bonds is 4. The Morgan fingerprint density at radius 3 is 2.32 bits per heavy atom. The third-order valence-electron chi connectivity index (χ3n) is 2.17. The Morgan fingerprint density at radius 2 is 1.89 bits per heavy atom. The summed E-state index contributed by atoms with van der Waals surface area (Å²) in [5.74, 6) is -1.33. The highest BCUT2D eigenvalue weighted by atomic mass is 32.2. The normalized spacial score (nSPS) is 13.7. The van der Waals surface area contributed by atoms with E-state index in [2.05, 4.69) is 15.5 Å². The highest BCUT2D eigenvalue weighted by Gasteiger charge is 2.37. The Balaban J connectivity index is 2.78. The fourth-order valence-electron chi connectivity index (χ4n) is 1.28. The maximum Gasteiger partial charge on any atom is 0.451 e. The second-order valence-corrected chi connectivity index (χ2v) is 5.59. The van der Waals surface area contributed by atoms with Crippen LogP contribution < -0.4 is 5.32 Å². The monoisotopic (exact) mass is 296 g/mol. The van der Waals surface area contributed by atoms with E-state index in [4.69, 9.17) is 0 Å². The lowest BCUT2D eigenvalue weighted by atomic mass is 10.3. The van der Waals surface area contributed by atoms with Crippen molar-refractivity contribution in [1.29, 1.82) is 0 Å². The summed E-state index contributed by atoms with van der Waals surface area (Å²) < 4.78 is 38.4. The fraction of sp³-hybridized carbons (Fsp3) is 0.700. The molecule has 1 aromatic rings. The van der Waals surface area contributed by atoms with Crippen LogP contribution in [0.15, 0.2) is 5.16 Å². The molecule has 19 heavy (non-hydrogen) atoms. The van der Waals surface area contributed by atoms with Crippen LogP contribution in [0.2, 0.25) is 0 Å². The molecule has 1 aromatic heterocycles. The second-order valence-electron chi connectivity index (χ2n) is 4.29. The van der Waals surface area contributed by atoms with E-state index in [1.165, 1.54) is 7.05 Å². The van der Waals surface area contributed by atoms with Gasteiger partial charge in [-0.05, 0) is 20.8 Å². The van der Waals surface area contributed by atoms with E-state index in [0.717, 1.165) is 16.3 Å². The lowest BCUT2D eigenvalue weighted by Gasteiger charge is -2.13. The number of nitrogens with zero attached hydrogens (tertiary/aromatic N) is 3. The Labute approximate surface area is 113 Å². The number of hydrogen-bond donors (Lipinski definition) is 1. The summed E-state index contributed by atoms with van der Waals surface area (Å²) in [6.45, 7) is 5.21. The second kappa shape index (κ2) is 5.81.